The number of benzene rings is 1. The number of carbonyl (C=O) groups excluding carboxylic acids is 2. The van der Waals surface area contributed by atoms with Crippen molar-refractivity contribution in [2.45, 2.75) is 6.42 Å². The maximum Gasteiger partial charge on any atom is 0.247 e. The lowest BCUT2D eigenvalue weighted by atomic mass is 10.1. The first-order valence-electron chi connectivity index (χ1n) is 10.3. The van der Waals surface area contributed by atoms with Crippen LogP contribution < -0.4 is 14.8 Å². The Morgan fingerprint density at radius 1 is 1.17 bits per heavy atom. The van der Waals surface area contributed by atoms with Gasteiger partial charge in [0.05, 0.1) is 25.6 Å². The van der Waals surface area contributed by atoms with Crippen molar-refractivity contribution in [2.24, 2.45) is 7.05 Å². The Balaban J connectivity index is 1.68. The molecule has 3 heterocycles. The molecule has 0 aliphatic carbocycles. The molecule has 4 aromatic rings. The number of anilines is 1. The number of ketones is 1. The Hall–Kier alpha value is -4.54. The van der Waals surface area contributed by atoms with Gasteiger partial charge in [-0.1, -0.05) is 6.58 Å². The molecule has 35 heavy (non-hydrogen) atoms. The predicted octanol–water partition coefficient (Wildman–Crippen LogP) is 3.80. The lowest BCUT2D eigenvalue weighted by molar-refractivity contribution is -0.111. The fourth-order valence-electron chi connectivity index (χ4n) is 3.51. The van der Waals surface area contributed by atoms with Crippen LogP contribution in [-0.4, -0.2) is 40.7 Å². The summed E-state index contributed by atoms with van der Waals surface area (Å²) >= 11 is 0. The number of hydrogen-bond acceptors (Lipinski definition) is 7. The minimum atomic E-state index is -1.17. The molecule has 0 spiro atoms. The predicted molar refractivity (Wildman–Crippen MR) is 122 cm³/mol. The van der Waals surface area contributed by atoms with E-state index in [1.165, 1.54) is 20.3 Å². The van der Waals surface area contributed by atoms with Crippen molar-refractivity contribution in [1.82, 2.24) is 14.8 Å². The van der Waals surface area contributed by atoms with Crippen LogP contribution >= 0.6 is 0 Å². The molecule has 0 bridgehead atoms. The van der Waals surface area contributed by atoms with E-state index in [0.717, 1.165) is 12.1 Å². The van der Waals surface area contributed by atoms with Crippen molar-refractivity contribution < 1.29 is 32.3 Å². The van der Waals surface area contributed by atoms with E-state index in [1.54, 1.807) is 30.1 Å². The van der Waals surface area contributed by atoms with Gasteiger partial charge >= 0.3 is 0 Å². The number of aromatic nitrogens is 3. The maximum atomic E-state index is 14.8. The second-order valence-electron chi connectivity index (χ2n) is 7.44. The van der Waals surface area contributed by atoms with Gasteiger partial charge in [-0.3, -0.25) is 14.3 Å². The maximum absolute atomic E-state index is 14.8. The number of aryl methyl sites for hydroxylation is 1. The fourth-order valence-corrected chi connectivity index (χ4v) is 3.51. The third-order valence-corrected chi connectivity index (χ3v) is 5.15. The number of pyridine rings is 1. The zero-order valence-corrected chi connectivity index (χ0v) is 19.0. The summed E-state index contributed by atoms with van der Waals surface area (Å²) in [4.78, 5) is 29.1. The topological polar surface area (TPSA) is 108 Å². The van der Waals surface area contributed by atoms with Crippen LogP contribution in [0, 0.1) is 11.6 Å². The summed E-state index contributed by atoms with van der Waals surface area (Å²) in [5, 5.41) is 7.02. The normalized spacial score (nSPS) is 10.9. The van der Waals surface area contributed by atoms with E-state index < -0.39 is 23.0 Å². The Morgan fingerprint density at radius 3 is 2.49 bits per heavy atom. The quantitative estimate of drug-likeness (QED) is 0.301. The highest BCUT2D eigenvalue weighted by Crippen LogP contribution is 2.33. The lowest BCUT2D eigenvalue weighted by Gasteiger charge is -2.10. The van der Waals surface area contributed by atoms with Crippen LogP contribution in [0.15, 0.2) is 47.5 Å². The van der Waals surface area contributed by atoms with Crippen LogP contribution in [-0.2, 0) is 18.3 Å². The molecule has 0 radical (unpaired) electrons. The van der Waals surface area contributed by atoms with Gasteiger partial charge in [-0.25, -0.2) is 13.8 Å². The molecule has 0 aliphatic rings. The fraction of sp³-hybridized carbons (Fsp3) is 0.167. The first-order valence-corrected chi connectivity index (χ1v) is 10.3. The molecule has 9 nitrogen and oxygen atoms in total. The van der Waals surface area contributed by atoms with Crippen LogP contribution in [0.3, 0.4) is 0 Å². The van der Waals surface area contributed by atoms with E-state index in [2.05, 4.69) is 22.0 Å². The van der Waals surface area contributed by atoms with Gasteiger partial charge < -0.3 is 19.2 Å². The summed E-state index contributed by atoms with van der Waals surface area (Å²) < 4.78 is 46.4. The lowest BCUT2D eigenvalue weighted by Crippen LogP contribution is -2.09. The molecule has 0 fully saturated rings. The minimum Gasteiger partial charge on any atom is -0.494 e. The molecule has 0 aliphatic heterocycles. The molecule has 180 valence electrons. The van der Waals surface area contributed by atoms with Gasteiger partial charge in [-0.2, -0.15) is 5.10 Å². The Labute approximate surface area is 198 Å². The van der Waals surface area contributed by atoms with Crippen LogP contribution in [0.1, 0.15) is 27.5 Å². The summed E-state index contributed by atoms with van der Waals surface area (Å²) in [7, 11) is 4.09. The second kappa shape index (κ2) is 9.37. The summed E-state index contributed by atoms with van der Waals surface area (Å²) in [6, 6.07) is 5.55. The number of hydrogen-bond donors (Lipinski definition) is 1. The van der Waals surface area contributed by atoms with E-state index in [0.29, 0.717) is 22.6 Å². The summed E-state index contributed by atoms with van der Waals surface area (Å²) in [6.45, 7) is 3.43. The zero-order chi connectivity index (χ0) is 25.3. The highest BCUT2D eigenvalue weighted by Gasteiger charge is 2.28. The summed E-state index contributed by atoms with van der Waals surface area (Å²) in [6.07, 6.45) is 3.05. The molecule has 1 amide bonds. The van der Waals surface area contributed by atoms with Crippen molar-refractivity contribution >= 4 is 28.5 Å². The molecule has 0 unspecified atom stereocenters. The SMILES string of the molecule is C=CC(=O)Nc1cn(C)nc1Cc1ccc2oc(C(=O)c3c(F)c(OC)cc(OC)c3F)cc2n1. The molecule has 0 saturated carbocycles. The number of amides is 1. The van der Waals surface area contributed by atoms with E-state index in [1.807, 2.05) is 0 Å². The van der Waals surface area contributed by atoms with Crippen molar-refractivity contribution in [3.8, 4) is 11.5 Å². The van der Waals surface area contributed by atoms with Gasteiger partial charge in [-0.15, -0.1) is 0 Å². The average molecular weight is 482 g/mol. The Kier molecular flexibility index (Phi) is 6.32. The van der Waals surface area contributed by atoms with Gasteiger partial charge in [0, 0.05) is 37.5 Å². The smallest absolute Gasteiger partial charge is 0.247 e. The highest BCUT2D eigenvalue weighted by atomic mass is 19.1. The van der Waals surface area contributed by atoms with Crippen LogP contribution in [0.5, 0.6) is 11.5 Å². The summed E-state index contributed by atoms with van der Waals surface area (Å²) in [5.41, 5.74) is 1.30. The number of nitrogens with one attached hydrogen (secondary N) is 1. The standard InChI is InChI=1S/C24H20F2N4O5/c1-5-20(31)28-15-11-30(2)29-13(15)8-12-6-7-16-14(27-12)9-19(35-16)24(32)21-22(25)17(33-3)10-18(34-4)23(21)26/h5-7,9-11H,1,8H2,2-4H3,(H,28,31). The highest BCUT2D eigenvalue weighted by molar-refractivity contribution is 6.09. The molecule has 1 aromatic carbocycles. The van der Waals surface area contributed by atoms with Crippen LogP contribution in [0.4, 0.5) is 14.5 Å². The third kappa shape index (κ3) is 4.47. The molecule has 3 aromatic heterocycles. The first-order chi connectivity index (χ1) is 16.7. The Bertz CT molecular complexity index is 1450. The van der Waals surface area contributed by atoms with Gasteiger partial charge in [0.25, 0.3) is 0 Å². The molecular weight excluding hydrogens is 462 g/mol. The van der Waals surface area contributed by atoms with Gasteiger partial charge in [-0.05, 0) is 18.2 Å². The third-order valence-electron chi connectivity index (χ3n) is 5.15. The molecule has 4 rings (SSSR count). The monoisotopic (exact) mass is 482 g/mol. The minimum absolute atomic E-state index is 0.244. The van der Waals surface area contributed by atoms with Crippen molar-refractivity contribution in [2.75, 3.05) is 19.5 Å². The Morgan fingerprint density at radius 2 is 1.86 bits per heavy atom. The van der Waals surface area contributed by atoms with Gasteiger partial charge in [0.1, 0.15) is 11.1 Å². The summed E-state index contributed by atoms with van der Waals surface area (Å²) in [5.74, 6) is -4.77. The molecule has 1 N–H and O–H groups in total. The van der Waals surface area contributed by atoms with E-state index in [4.69, 9.17) is 13.9 Å². The number of halogens is 2. The molecule has 11 heteroatoms. The van der Waals surface area contributed by atoms with E-state index in [-0.39, 0.29) is 35.2 Å². The number of rotatable bonds is 8. The number of nitrogens with zero attached hydrogens (tertiary/aromatic N) is 3. The van der Waals surface area contributed by atoms with Crippen molar-refractivity contribution in [1.29, 1.82) is 0 Å². The largest absolute Gasteiger partial charge is 0.494 e. The average Bonchev–Trinajstić information content (AvgIpc) is 3.41. The van der Waals surface area contributed by atoms with Crippen LogP contribution in [0.25, 0.3) is 11.1 Å². The second-order valence-corrected chi connectivity index (χ2v) is 7.44. The first kappa shape index (κ1) is 23.6. The van der Waals surface area contributed by atoms with Crippen molar-refractivity contribution in [3.63, 3.8) is 0 Å². The zero-order valence-electron chi connectivity index (χ0n) is 19.0. The molecule has 0 saturated heterocycles. The van der Waals surface area contributed by atoms with Crippen LogP contribution in [0.2, 0.25) is 0 Å². The molecule has 0 atom stereocenters. The van der Waals surface area contributed by atoms with E-state index >= 15 is 0 Å². The van der Waals surface area contributed by atoms with E-state index in [9.17, 15) is 18.4 Å². The van der Waals surface area contributed by atoms with Gasteiger partial charge in [0.15, 0.2) is 34.5 Å². The number of fused-ring (bicyclic) bond motifs is 1. The number of carbonyl (C=O) groups is 2. The van der Waals surface area contributed by atoms with Gasteiger partial charge in [0.2, 0.25) is 11.7 Å². The number of furan rings is 1. The number of ether oxygens (including phenoxy) is 2. The molecular formula is C24H20F2N4O5. The van der Waals surface area contributed by atoms with Crippen molar-refractivity contribution in [3.05, 3.63) is 77.5 Å². The number of methoxy groups -OCH3 is 2.